The molecule has 0 fully saturated rings. The van der Waals surface area contributed by atoms with E-state index in [1.54, 1.807) is 12.1 Å². The van der Waals surface area contributed by atoms with Gasteiger partial charge in [0.05, 0.1) is 19.0 Å². The summed E-state index contributed by atoms with van der Waals surface area (Å²) in [6, 6.07) is 8.39. The van der Waals surface area contributed by atoms with E-state index in [1.807, 2.05) is 23.5 Å². The summed E-state index contributed by atoms with van der Waals surface area (Å²) in [7, 11) is 1.39. The average molecular weight is 358 g/mol. The summed E-state index contributed by atoms with van der Waals surface area (Å²) in [4.78, 5) is 35.1. The molecule has 0 saturated carbocycles. The van der Waals surface area contributed by atoms with E-state index in [2.05, 4.69) is 17.0 Å². The smallest absolute Gasteiger partial charge is 0.363 e. The largest absolute Gasteiger partial charge is 0.493 e. The fourth-order valence-electron chi connectivity index (χ4n) is 1.93. The van der Waals surface area contributed by atoms with Crippen molar-refractivity contribution in [1.29, 1.82) is 0 Å². The van der Waals surface area contributed by atoms with Gasteiger partial charge in [0.25, 0.3) is 5.91 Å². The topological polar surface area (TPSA) is 112 Å². The molecule has 0 aliphatic heterocycles. The van der Waals surface area contributed by atoms with E-state index in [4.69, 9.17) is 9.47 Å². The van der Waals surface area contributed by atoms with Crippen LogP contribution in [0, 0.1) is 0 Å². The number of urea groups is 1. The van der Waals surface area contributed by atoms with Crippen LogP contribution in [0.1, 0.15) is 10.5 Å². The number of carbonyl (C=O) groups excluding carboxylic acids is 3. The van der Waals surface area contributed by atoms with Gasteiger partial charge in [-0.3, -0.25) is 10.1 Å². The second kappa shape index (κ2) is 9.02. The second-order valence-electron chi connectivity index (χ2n) is 4.95. The van der Waals surface area contributed by atoms with Crippen LogP contribution in [0.3, 0.4) is 0 Å². The Balaban J connectivity index is 1.99. The monoisotopic (exact) mass is 358 g/mol. The molecule has 9 heteroatoms. The van der Waals surface area contributed by atoms with E-state index in [9.17, 15) is 14.4 Å². The highest BCUT2D eigenvalue weighted by atomic mass is 16.5. The number of hydrogen-bond acceptors (Lipinski definition) is 6. The maximum Gasteiger partial charge on any atom is 0.363 e. The van der Waals surface area contributed by atoms with Gasteiger partial charge in [-0.05, 0) is 12.1 Å². The number of rotatable bonds is 7. The molecule has 2 aromatic rings. The number of nitrogens with zero attached hydrogens (tertiary/aromatic N) is 2. The lowest BCUT2D eigenvalue weighted by Gasteiger charge is -2.06. The third-order valence-electron chi connectivity index (χ3n) is 3.11. The number of nitrogens with one attached hydrogen (secondary N) is 2. The van der Waals surface area contributed by atoms with Gasteiger partial charge in [0, 0.05) is 6.54 Å². The van der Waals surface area contributed by atoms with Crippen LogP contribution in [0.15, 0.2) is 49.2 Å². The van der Waals surface area contributed by atoms with Gasteiger partial charge in [0.2, 0.25) is 5.69 Å². The first kappa shape index (κ1) is 18.7. The van der Waals surface area contributed by atoms with Crippen LogP contribution in [0.25, 0.3) is 5.69 Å². The molecule has 0 radical (unpaired) electrons. The normalized spacial score (nSPS) is 9.88. The minimum Gasteiger partial charge on any atom is -0.493 e. The van der Waals surface area contributed by atoms with Gasteiger partial charge in [-0.25, -0.2) is 14.3 Å². The third-order valence-corrected chi connectivity index (χ3v) is 3.11. The lowest BCUT2D eigenvalue weighted by atomic mass is 10.3. The molecular formula is C17H18N4O5. The standard InChI is InChI=1S/C17H18N4O5/c1-3-9-18-17(24)19-14(22)11-26-16(23)15-13(25-2)10-21(20-15)12-7-5-4-6-8-12/h3-8,10H,1,9,11H2,2H3,(H2,18,19,22,24). The molecule has 0 aliphatic carbocycles. The van der Waals surface area contributed by atoms with Gasteiger partial charge < -0.3 is 14.8 Å². The quantitative estimate of drug-likeness (QED) is 0.565. The zero-order valence-corrected chi connectivity index (χ0v) is 14.1. The van der Waals surface area contributed by atoms with Crippen molar-refractivity contribution in [3.8, 4) is 11.4 Å². The Bertz CT molecular complexity index is 801. The Labute approximate surface area is 149 Å². The fourth-order valence-corrected chi connectivity index (χ4v) is 1.93. The van der Waals surface area contributed by atoms with Crippen molar-refractivity contribution in [2.24, 2.45) is 0 Å². The molecule has 136 valence electrons. The maximum atomic E-state index is 12.2. The predicted octanol–water partition coefficient (Wildman–Crippen LogP) is 1.05. The highest BCUT2D eigenvalue weighted by Crippen LogP contribution is 2.20. The molecule has 0 saturated heterocycles. The summed E-state index contributed by atoms with van der Waals surface area (Å²) >= 11 is 0. The highest BCUT2D eigenvalue weighted by molar-refractivity contribution is 5.97. The Morgan fingerprint density at radius 2 is 2.00 bits per heavy atom. The summed E-state index contributed by atoms with van der Waals surface area (Å²) in [5.41, 5.74) is 0.641. The number of amides is 3. The van der Waals surface area contributed by atoms with E-state index >= 15 is 0 Å². The minimum atomic E-state index is -0.849. The van der Waals surface area contributed by atoms with Crippen molar-refractivity contribution in [3.63, 3.8) is 0 Å². The molecule has 0 spiro atoms. The Morgan fingerprint density at radius 1 is 1.27 bits per heavy atom. The summed E-state index contributed by atoms with van der Waals surface area (Å²) in [5, 5.41) is 8.49. The van der Waals surface area contributed by atoms with E-state index in [-0.39, 0.29) is 18.0 Å². The van der Waals surface area contributed by atoms with Crippen molar-refractivity contribution in [3.05, 3.63) is 54.9 Å². The molecule has 0 unspecified atom stereocenters. The van der Waals surface area contributed by atoms with Crippen molar-refractivity contribution in [2.45, 2.75) is 0 Å². The number of imide groups is 1. The molecule has 0 aliphatic rings. The van der Waals surface area contributed by atoms with E-state index < -0.39 is 24.5 Å². The van der Waals surface area contributed by atoms with Gasteiger partial charge in [0.15, 0.2) is 12.4 Å². The summed E-state index contributed by atoms with van der Waals surface area (Å²) in [6.07, 6.45) is 2.98. The first-order chi connectivity index (χ1) is 12.5. The molecule has 2 rings (SSSR count). The van der Waals surface area contributed by atoms with E-state index in [0.717, 1.165) is 5.69 Å². The lowest BCUT2D eigenvalue weighted by Crippen LogP contribution is -2.41. The summed E-state index contributed by atoms with van der Waals surface area (Å²) in [5.74, 6) is -1.43. The van der Waals surface area contributed by atoms with Crippen LogP contribution in [-0.4, -0.2) is 47.9 Å². The molecule has 0 atom stereocenters. The van der Waals surface area contributed by atoms with Gasteiger partial charge in [-0.15, -0.1) is 6.58 Å². The van der Waals surface area contributed by atoms with Gasteiger partial charge in [0.1, 0.15) is 0 Å². The molecule has 9 nitrogen and oxygen atoms in total. The first-order valence-corrected chi connectivity index (χ1v) is 7.60. The Morgan fingerprint density at radius 3 is 2.65 bits per heavy atom. The van der Waals surface area contributed by atoms with Crippen LogP contribution in [0.5, 0.6) is 5.75 Å². The molecule has 1 aromatic heterocycles. The third kappa shape index (κ3) is 4.94. The Hall–Kier alpha value is -3.62. The van der Waals surface area contributed by atoms with E-state index in [0.29, 0.717) is 0 Å². The van der Waals surface area contributed by atoms with Gasteiger partial charge in [-0.2, -0.15) is 5.10 Å². The zero-order valence-electron chi connectivity index (χ0n) is 14.1. The minimum absolute atomic E-state index is 0.0831. The van der Waals surface area contributed by atoms with Gasteiger partial charge in [-0.1, -0.05) is 24.3 Å². The number of aromatic nitrogens is 2. The number of carbonyl (C=O) groups is 3. The molecular weight excluding hydrogens is 340 g/mol. The number of benzene rings is 1. The molecule has 0 bridgehead atoms. The molecule has 2 N–H and O–H groups in total. The SMILES string of the molecule is C=CCNC(=O)NC(=O)COC(=O)c1nn(-c2ccccc2)cc1OC. The average Bonchev–Trinajstić information content (AvgIpc) is 3.09. The van der Waals surface area contributed by atoms with Crippen molar-refractivity contribution in [1.82, 2.24) is 20.4 Å². The summed E-state index contributed by atoms with van der Waals surface area (Å²) in [6.45, 7) is 2.99. The second-order valence-corrected chi connectivity index (χ2v) is 4.95. The number of para-hydroxylation sites is 1. The lowest BCUT2D eigenvalue weighted by molar-refractivity contribution is -0.123. The molecule has 1 aromatic carbocycles. The Kier molecular flexibility index (Phi) is 6.49. The van der Waals surface area contributed by atoms with Crippen molar-refractivity contribution >= 4 is 17.9 Å². The summed E-state index contributed by atoms with van der Waals surface area (Å²) < 4.78 is 11.5. The fraction of sp³-hybridized carbons (Fsp3) is 0.176. The number of ether oxygens (including phenoxy) is 2. The maximum absolute atomic E-state index is 12.2. The van der Waals surface area contributed by atoms with Crippen molar-refractivity contribution < 1.29 is 23.9 Å². The van der Waals surface area contributed by atoms with Crippen LogP contribution >= 0.6 is 0 Å². The van der Waals surface area contributed by atoms with Crippen LogP contribution < -0.4 is 15.4 Å². The number of esters is 1. The number of methoxy groups -OCH3 is 1. The number of hydrogen-bond donors (Lipinski definition) is 2. The van der Waals surface area contributed by atoms with Crippen LogP contribution in [-0.2, 0) is 9.53 Å². The van der Waals surface area contributed by atoms with Gasteiger partial charge >= 0.3 is 12.0 Å². The highest BCUT2D eigenvalue weighted by Gasteiger charge is 2.21. The van der Waals surface area contributed by atoms with Crippen molar-refractivity contribution in [2.75, 3.05) is 20.3 Å². The first-order valence-electron chi connectivity index (χ1n) is 7.60. The molecule has 26 heavy (non-hydrogen) atoms. The van der Waals surface area contributed by atoms with Crippen LogP contribution in [0.4, 0.5) is 4.79 Å². The van der Waals surface area contributed by atoms with E-state index in [1.165, 1.54) is 24.1 Å². The van der Waals surface area contributed by atoms with Crippen LogP contribution in [0.2, 0.25) is 0 Å². The predicted molar refractivity (Wildman–Crippen MR) is 92.1 cm³/mol. The molecule has 1 heterocycles. The zero-order chi connectivity index (χ0) is 18.9. The molecule has 3 amide bonds.